The number of hydrogen-bond donors (Lipinski definition) is 2. The molecule has 0 atom stereocenters. The molecule has 3 N–H and O–H groups in total. The molecule has 4 nitrogen and oxygen atoms in total. The monoisotopic (exact) mass is 206 g/mol. The quantitative estimate of drug-likeness (QED) is 0.701. The molecule has 0 bridgehead atoms. The molecule has 7 heteroatoms. The highest BCUT2D eigenvalue weighted by atomic mass is 19.4. The van der Waals surface area contributed by atoms with Gasteiger partial charge in [0.2, 0.25) is 5.91 Å². The predicted molar refractivity (Wildman–Crippen MR) is 40.6 cm³/mol. The lowest BCUT2D eigenvalue weighted by atomic mass is 10.2. The van der Waals surface area contributed by atoms with E-state index in [0.29, 0.717) is 6.07 Å². The summed E-state index contributed by atoms with van der Waals surface area (Å²) in [5.74, 6) is -1.04. The SMILES string of the molecule is NC(=O)c1c[nH]c(=O)c(C(F)(F)F)c1. The number of amides is 1. The van der Waals surface area contributed by atoms with Crippen molar-refractivity contribution >= 4 is 5.91 Å². The van der Waals surface area contributed by atoms with E-state index in [0.717, 1.165) is 6.20 Å². The van der Waals surface area contributed by atoms with Crippen LogP contribution in [0.4, 0.5) is 13.2 Å². The molecule has 76 valence electrons. The number of aromatic amines is 1. The Morgan fingerprint density at radius 1 is 1.43 bits per heavy atom. The molecule has 1 amide bonds. The van der Waals surface area contributed by atoms with E-state index in [-0.39, 0.29) is 0 Å². The Labute approximate surface area is 75.5 Å². The zero-order valence-corrected chi connectivity index (χ0v) is 6.68. The number of nitrogens with two attached hydrogens (primary N) is 1. The molecule has 14 heavy (non-hydrogen) atoms. The maximum absolute atomic E-state index is 12.1. The van der Waals surface area contributed by atoms with Crippen LogP contribution >= 0.6 is 0 Å². The number of pyridine rings is 1. The maximum Gasteiger partial charge on any atom is 0.421 e. The highest BCUT2D eigenvalue weighted by Gasteiger charge is 2.34. The third-order valence-corrected chi connectivity index (χ3v) is 1.49. The molecular formula is C7H5F3N2O2. The fourth-order valence-corrected chi connectivity index (χ4v) is 0.837. The Morgan fingerprint density at radius 2 is 2.00 bits per heavy atom. The van der Waals surface area contributed by atoms with Crippen LogP contribution in [0.25, 0.3) is 0 Å². The number of halogens is 3. The summed E-state index contributed by atoms with van der Waals surface area (Å²) >= 11 is 0. The maximum atomic E-state index is 12.1. The average molecular weight is 206 g/mol. The number of carbonyl (C=O) groups is 1. The van der Waals surface area contributed by atoms with Gasteiger partial charge in [0.15, 0.2) is 0 Å². The van der Waals surface area contributed by atoms with Crippen LogP contribution in [-0.4, -0.2) is 10.9 Å². The van der Waals surface area contributed by atoms with Crippen LogP contribution in [0.5, 0.6) is 0 Å². The van der Waals surface area contributed by atoms with Gasteiger partial charge in [-0.2, -0.15) is 13.2 Å². The van der Waals surface area contributed by atoms with E-state index in [9.17, 15) is 22.8 Å². The van der Waals surface area contributed by atoms with Gasteiger partial charge in [0, 0.05) is 6.20 Å². The van der Waals surface area contributed by atoms with E-state index >= 15 is 0 Å². The van der Waals surface area contributed by atoms with Crippen molar-refractivity contribution in [2.75, 3.05) is 0 Å². The molecule has 1 heterocycles. The minimum absolute atomic E-state index is 0.392. The Morgan fingerprint density at radius 3 is 2.43 bits per heavy atom. The van der Waals surface area contributed by atoms with E-state index in [1.54, 1.807) is 4.98 Å². The second-order valence-corrected chi connectivity index (χ2v) is 2.49. The molecule has 0 spiro atoms. The molecule has 1 aromatic heterocycles. The lowest BCUT2D eigenvalue weighted by Gasteiger charge is -2.05. The van der Waals surface area contributed by atoms with Crippen molar-refractivity contribution in [2.45, 2.75) is 6.18 Å². The van der Waals surface area contributed by atoms with Crippen LogP contribution in [0.15, 0.2) is 17.1 Å². The number of rotatable bonds is 1. The molecule has 0 aliphatic rings. The summed E-state index contributed by atoms with van der Waals surface area (Å²) in [7, 11) is 0. The zero-order valence-electron chi connectivity index (χ0n) is 6.68. The first-order valence-electron chi connectivity index (χ1n) is 3.42. The van der Waals surface area contributed by atoms with Crippen molar-refractivity contribution in [3.8, 4) is 0 Å². The van der Waals surface area contributed by atoms with Gasteiger partial charge in [0.25, 0.3) is 5.56 Å². The highest BCUT2D eigenvalue weighted by molar-refractivity contribution is 5.92. The molecule has 0 aromatic carbocycles. The van der Waals surface area contributed by atoms with Gasteiger partial charge in [0.05, 0.1) is 5.56 Å². The summed E-state index contributed by atoms with van der Waals surface area (Å²) < 4.78 is 36.4. The average Bonchev–Trinajstić information content (AvgIpc) is 2.02. The summed E-state index contributed by atoms with van der Waals surface area (Å²) in [6.07, 6.45) is -3.96. The fourth-order valence-electron chi connectivity index (χ4n) is 0.837. The molecule has 0 saturated heterocycles. The normalized spacial score (nSPS) is 11.4. The molecule has 1 rings (SSSR count). The van der Waals surface area contributed by atoms with Gasteiger partial charge in [-0.3, -0.25) is 9.59 Å². The van der Waals surface area contributed by atoms with Gasteiger partial charge in [-0.25, -0.2) is 0 Å². The summed E-state index contributed by atoms with van der Waals surface area (Å²) in [5, 5.41) is 0. The first kappa shape index (κ1) is 10.3. The first-order valence-corrected chi connectivity index (χ1v) is 3.42. The lowest BCUT2D eigenvalue weighted by Crippen LogP contribution is -2.23. The molecule has 0 aliphatic heterocycles. The molecule has 0 unspecified atom stereocenters. The second kappa shape index (κ2) is 3.17. The highest BCUT2D eigenvalue weighted by Crippen LogP contribution is 2.26. The minimum atomic E-state index is -4.79. The van der Waals surface area contributed by atoms with Crippen LogP contribution in [-0.2, 0) is 6.18 Å². The Balaban J connectivity index is 3.37. The molecule has 1 aromatic rings. The minimum Gasteiger partial charge on any atom is -0.366 e. The third kappa shape index (κ3) is 1.93. The van der Waals surface area contributed by atoms with Crippen molar-refractivity contribution in [3.05, 3.63) is 33.7 Å². The standard InChI is InChI=1S/C7H5F3N2O2/c8-7(9,10)4-1-3(5(11)13)2-12-6(4)14/h1-2H,(H2,11,13)(H,12,14). The molecule has 0 saturated carbocycles. The molecular weight excluding hydrogens is 201 g/mol. The van der Waals surface area contributed by atoms with Gasteiger partial charge in [-0.15, -0.1) is 0 Å². The van der Waals surface area contributed by atoms with Gasteiger partial charge in [0.1, 0.15) is 5.56 Å². The zero-order chi connectivity index (χ0) is 10.9. The summed E-state index contributed by atoms with van der Waals surface area (Å²) in [5.41, 5.74) is 1.62. The smallest absolute Gasteiger partial charge is 0.366 e. The van der Waals surface area contributed by atoms with E-state index < -0.39 is 28.8 Å². The summed E-state index contributed by atoms with van der Waals surface area (Å²) in [6.45, 7) is 0. The van der Waals surface area contributed by atoms with E-state index in [4.69, 9.17) is 5.73 Å². The molecule has 0 fully saturated rings. The number of alkyl halides is 3. The number of carbonyl (C=O) groups excluding carboxylic acids is 1. The van der Waals surface area contributed by atoms with Gasteiger partial charge in [-0.05, 0) is 6.07 Å². The van der Waals surface area contributed by atoms with Crippen molar-refractivity contribution in [3.63, 3.8) is 0 Å². The van der Waals surface area contributed by atoms with Crippen molar-refractivity contribution in [1.29, 1.82) is 0 Å². The topological polar surface area (TPSA) is 76.0 Å². The van der Waals surface area contributed by atoms with Crippen LogP contribution in [0.2, 0.25) is 0 Å². The van der Waals surface area contributed by atoms with E-state index in [1.165, 1.54) is 0 Å². The second-order valence-electron chi connectivity index (χ2n) is 2.49. The Bertz CT molecular complexity index is 422. The third-order valence-electron chi connectivity index (χ3n) is 1.49. The summed E-state index contributed by atoms with van der Waals surface area (Å²) in [4.78, 5) is 23.0. The van der Waals surface area contributed by atoms with Crippen LogP contribution < -0.4 is 11.3 Å². The van der Waals surface area contributed by atoms with Crippen LogP contribution in [0.3, 0.4) is 0 Å². The van der Waals surface area contributed by atoms with Gasteiger partial charge < -0.3 is 10.7 Å². The fraction of sp³-hybridized carbons (Fsp3) is 0.143. The number of primary amides is 1. The molecule has 0 radical (unpaired) electrons. The number of hydrogen-bond acceptors (Lipinski definition) is 2. The largest absolute Gasteiger partial charge is 0.421 e. The first-order chi connectivity index (χ1) is 6.32. The summed E-state index contributed by atoms with van der Waals surface area (Å²) in [6, 6.07) is 0.418. The Hall–Kier alpha value is -1.79. The van der Waals surface area contributed by atoms with Crippen molar-refractivity contribution < 1.29 is 18.0 Å². The predicted octanol–water partition coefficient (Wildman–Crippen LogP) is 0.493. The lowest BCUT2D eigenvalue weighted by molar-refractivity contribution is -0.138. The van der Waals surface area contributed by atoms with Gasteiger partial charge in [-0.1, -0.05) is 0 Å². The van der Waals surface area contributed by atoms with Crippen LogP contribution in [0, 0.1) is 0 Å². The van der Waals surface area contributed by atoms with E-state index in [1.807, 2.05) is 0 Å². The van der Waals surface area contributed by atoms with E-state index in [2.05, 4.69) is 0 Å². The number of H-pyrrole nitrogens is 1. The van der Waals surface area contributed by atoms with Crippen molar-refractivity contribution in [1.82, 2.24) is 4.98 Å². The molecule has 0 aliphatic carbocycles. The Kier molecular flexibility index (Phi) is 2.33. The number of nitrogens with one attached hydrogen (secondary N) is 1. The number of aromatic nitrogens is 1. The van der Waals surface area contributed by atoms with Gasteiger partial charge >= 0.3 is 6.18 Å². The van der Waals surface area contributed by atoms with Crippen molar-refractivity contribution in [2.24, 2.45) is 5.73 Å². The van der Waals surface area contributed by atoms with Crippen LogP contribution in [0.1, 0.15) is 15.9 Å².